The molecular formula is C12H14FN3O. The van der Waals surface area contributed by atoms with Gasteiger partial charge in [0, 0.05) is 12.4 Å². The topological polar surface area (TPSA) is 64.1 Å². The Morgan fingerprint density at radius 2 is 2.29 bits per heavy atom. The minimum absolute atomic E-state index is 0.205. The van der Waals surface area contributed by atoms with Crippen LogP contribution in [0.2, 0.25) is 0 Å². The number of rotatable bonds is 3. The molecule has 0 saturated heterocycles. The molecule has 2 rings (SSSR count). The van der Waals surface area contributed by atoms with Gasteiger partial charge in [-0.2, -0.15) is 0 Å². The molecule has 0 radical (unpaired) electrons. The molecule has 1 aromatic carbocycles. The molecule has 90 valence electrons. The lowest BCUT2D eigenvalue weighted by Crippen LogP contribution is -2.15. The van der Waals surface area contributed by atoms with Crippen LogP contribution in [0.3, 0.4) is 0 Å². The summed E-state index contributed by atoms with van der Waals surface area (Å²) in [6.07, 6.45) is 3.31. The molecule has 0 saturated carbocycles. The van der Waals surface area contributed by atoms with E-state index in [9.17, 15) is 4.39 Å². The van der Waals surface area contributed by atoms with Gasteiger partial charge in [-0.05, 0) is 24.6 Å². The van der Waals surface area contributed by atoms with E-state index in [-0.39, 0.29) is 12.4 Å². The maximum atomic E-state index is 13.9. The molecule has 0 aliphatic rings. The summed E-state index contributed by atoms with van der Waals surface area (Å²) in [4.78, 5) is 4.04. The molecule has 0 fully saturated rings. The fourth-order valence-electron chi connectivity index (χ4n) is 1.69. The van der Waals surface area contributed by atoms with E-state index in [1.54, 1.807) is 36.0 Å². The lowest BCUT2D eigenvalue weighted by molar-refractivity contribution is 0.268. The van der Waals surface area contributed by atoms with Crippen molar-refractivity contribution in [3.05, 3.63) is 47.8 Å². The van der Waals surface area contributed by atoms with Gasteiger partial charge in [-0.25, -0.2) is 9.37 Å². The van der Waals surface area contributed by atoms with E-state index >= 15 is 0 Å². The molecule has 0 aliphatic heterocycles. The highest BCUT2D eigenvalue weighted by atomic mass is 19.1. The average Bonchev–Trinajstić information content (AvgIpc) is 2.74. The van der Waals surface area contributed by atoms with E-state index in [0.717, 1.165) is 0 Å². The Morgan fingerprint density at radius 1 is 1.53 bits per heavy atom. The van der Waals surface area contributed by atoms with Gasteiger partial charge in [0.15, 0.2) is 0 Å². The van der Waals surface area contributed by atoms with Gasteiger partial charge in [0.2, 0.25) is 0 Å². The number of halogens is 1. The van der Waals surface area contributed by atoms with E-state index < -0.39 is 6.04 Å². The molecule has 0 amide bonds. The van der Waals surface area contributed by atoms with Crippen LogP contribution in [0.25, 0.3) is 5.69 Å². The monoisotopic (exact) mass is 235 g/mol. The average molecular weight is 235 g/mol. The predicted octanol–water partition coefficient (Wildman–Crippen LogP) is 1.31. The maximum Gasteiger partial charge on any atom is 0.147 e. The van der Waals surface area contributed by atoms with Crippen molar-refractivity contribution in [3.8, 4) is 5.69 Å². The minimum Gasteiger partial charge on any atom is -0.394 e. The number of imidazole rings is 1. The number of benzene rings is 1. The zero-order valence-electron chi connectivity index (χ0n) is 9.47. The second-order valence-electron chi connectivity index (χ2n) is 3.84. The summed E-state index contributed by atoms with van der Waals surface area (Å²) >= 11 is 0. The van der Waals surface area contributed by atoms with Gasteiger partial charge in [-0.3, -0.25) is 0 Å². The molecule has 1 heterocycles. The normalized spacial score (nSPS) is 12.7. The van der Waals surface area contributed by atoms with Crippen LogP contribution in [-0.2, 0) is 0 Å². The highest BCUT2D eigenvalue weighted by Gasteiger charge is 2.10. The molecule has 1 unspecified atom stereocenters. The van der Waals surface area contributed by atoms with E-state index in [1.807, 2.05) is 0 Å². The fraction of sp³-hybridized carbons (Fsp3) is 0.250. The third-order valence-corrected chi connectivity index (χ3v) is 2.68. The molecule has 0 spiro atoms. The van der Waals surface area contributed by atoms with Gasteiger partial charge in [0.05, 0.1) is 18.3 Å². The van der Waals surface area contributed by atoms with Crippen LogP contribution in [0.15, 0.2) is 30.6 Å². The minimum atomic E-state index is -0.553. The smallest absolute Gasteiger partial charge is 0.147 e. The lowest BCUT2D eigenvalue weighted by atomic mass is 10.1. The second-order valence-corrected chi connectivity index (χ2v) is 3.84. The Balaban J connectivity index is 2.42. The highest BCUT2D eigenvalue weighted by Crippen LogP contribution is 2.19. The van der Waals surface area contributed by atoms with E-state index in [2.05, 4.69) is 4.98 Å². The first-order chi connectivity index (χ1) is 8.13. The summed E-state index contributed by atoms with van der Waals surface area (Å²) in [5.74, 6) is 0.329. The summed E-state index contributed by atoms with van der Waals surface area (Å²) in [5, 5.41) is 8.91. The Labute approximate surface area is 98.5 Å². The van der Waals surface area contributed by atoms with Gasteiger partial charge in [0.25, 0.3) is 0 Å². The van der Waals surface area contributed by atoms with Gasteiger partial charge in [0.1, 0.15) is 11.6 Å². The second kappa shape index (κ2) is 4.65. The number of nitrogens with zero attached hydrogens (tertiary/aromatic N) is 2. The molecule has 3 N–H and O–H groups in total. The number of hydrogen-bond donors (Lipinski definition) is 2. The Bertz CT molecular complexity index is 524. The number of aromatic nitrogens is 2. The van der Waals surface area contributed by atoms with Crippen molar-refractivity contribution < 1.29 is 9.50 Å². The van der Waals surface area contributed by atoms with E-state index in [1.165, 1.54) is 6.07 Å². The lowest BCUT2D eigenvalue weighted by Gasteiger charge is -2.11. The van der Waals surface area contributed by atoms with Crippen molar-refractivity contribution in [2.45, 2.75) is 13.0 Å². The summed E-state index contributed by atoms with van der Waals surface area (Å²) < 4.78 is 15.6. The predicted molar refractivity (Wildman–Crippen MR) is 62.3 cm³/mol. The molecule has 0 bridgehead atoms. The van der Waals surface area contributed by atoms with Gasteiger partial charge in [-0.15, -0.1) is 0 Å². The van der Waals surface area contributed by atoms with Crippen LogP contribution in [0, 0.1) is 12.7 Å². The standard InChI is InChI=1S/C12H14FN3O/c1-8-15-4-5-16(8)12-3-2-9(6-10(12)13)11(14)7-17/h2-6,11,17H,7,14H2,1H3. The van der Waals surface area contributed by atoms with Crippen molar-refractivity contribution in [2.24, 2.45) is 5.73 Å². The number of aliphatic hydroxyl groups is 1. The van der Waals surface area contributed by atoms with Crippen molar-refractivity contribution in [1.29, 1.82) is 0 Å². The number of aliphatic hydroxyl groups excluding tert-OH is 1. The quantitative estimate of drug-likeness (QED) is 0.843. The van der Waals surface area contributed by atoms with E-state index in [0.29, 0.717) is 17.1 Å². The zero-order valence-corrected chi connectivity index (χ0v) is 9.47. The van der Waals surface area contributed by atoms with Crippen molar-refractivity contribution >= 4 is 0 Å². The molecule has 17 heavy (non-hydrogen) atoms. The first-order valence-electron chi connectivity index (χ1n) is 5.29. The largest absolute Gasteiger partial charge is 0.394 e. The van der Waals surface area contributed by atoms with Crippen LogP contribution >= 0.6 is 0 Å². The van der Waals surface area contributed by atoms with Crippen LogP contribution in [0.1, 0.15) is 17.4 Å². The highest BCUT2D eigenvalue weighted by molar-refractivity contribution is 5.38. The number of hydrogen-bond acceptors (Lipinski definition) is 3. The van der Waals surface area contributed by atoms with E-state index in [4.69, 9.17) is 10.8 Å². The summed E-state index contributed by atoms with van der Waals surface area (Å²) in [6.45, 7) is 1.59. The summed E-state index contributed by atoms with van der Waals surface area (Å²) in [5.41, 5.74) is 6.63. The molecule has 4 nitrogen and oxygen atoms in total. The van der Waals surface area contributed by atoms with Crippen molar-refractivity contribution in [3.63, 3.8) is 0 Å². The third kappa shape index (κ3) is 2.20. The van der Waals surface area contributed by atoms with Crippen LogP contribution in [-0.4, -0.2) is 21.3 Å². The van der Waals surface area contributed by atoms with Gasteiger partial charge in [-0.1, -0.05) is 6.07 Å². The first-order valence-corrected chi connectivity index (χ1v) is 5.29. The number of nitrogens with two attached hydrogens (primary N) is 1. The Hall–Kier alpha value is -1.72. The molecule has 5 heteroatoms. The Kier molecular flexibility index (Phi) is 3.21. The van der Waals surface area contributed by atoms with Gasteiger partial charge < -0.3 is 15.4 Å². The molecule has 1 atom stereocenters. The molecular weight excluding hydrogens is 221 g/mol. The van der Waals surface area contributed by atoms with Crippen LogP contribution < -0.4 is 5.73 Å². The Morgan fingerprint density at radius 3 is 2.82 bits per heavy atom. The van der Waals surface area contributed by atoms with Crippen LogP contribution in [0.5, 0.6) is 0 Å². The van der Waals surface area contributed by atoms with Gasteiger partial charge >= 0.3 is 0 Å². The summed E-state index contributed by atoms with van der Waals surface area (Å²) in [6, 6.07) is 4.13. The zero-order chi connectivity index (χ0) is 12.4. The third-order valence-electron chi connectivity index (χ3n) is 2.68. The van der Waals surface area contributed by atoms with Crippen molar-refractivity contribution in [1.82, 2.24) is 9.55 Å². The maximum absolute atomic E-state index is 13.9. The molecule has 2 aromatic rings. The van der Waals surface area contributed by atoms with Crippen LogP contribution in [0.4, 0.5) is 4.39 Å². The SMILES string of the molecule is Cc1nccn1-c1ccc(C(N)CO)cc1F. The fourth-order valence-corrected chi connectivity index (χ4v) is 1.69. The first kappa shape index (κ1) is 11.8. The molecule has 1 aromatic heterocycles. The number of aryl methyl sites for hydroxylation is 1. The van der Waals surface area contributed by atoms with Crippen molar-refractivity contribution in [2.75, 3.05) is 6.61 Å². The summed E-state index contributed by atoms with van der Waals surface area (Å²) in [7, 11) is 0. The molecule has 0 aliphatic carbocycles.